The summed E-state index contributed by atoms with van der Waals surface area (Å²) in [6, 6.07) is 3.27. The summed E-state index contributed by atoms with van der Waals surface area (Å²) in [7, 11) is 2.96. The van der Waals surface area contributed by atoms with Crippen LogP contribution in [0, 0.1) is 5.92 Å². The van der Waals surface area contributed by atoms with Crippen LogP contribution >= 0.6 is 23.2 Å². The smallest absolute Gasteiger partial charge is 0.260 e. The summed E-state index contributed by atoms with van der Waals surface area (Å²) in [6.07, 6.45) is 5.08. The second kappa shape index (κ2) is 14.2. The molecule has 0 aliphatic carbocycles. The van der Waals surface area contributed by atoms with Gasteiger partial charge in [-0.2, -0.15) is 4.98 Å². The van der Waals surface area contributed by atoms with Gasteiger partial charge in [-0.3, -0.25) is 14.2 Å². The Labute approximate surface area is 266 Å². The number of carbonyl (C=O) groups is 1. The summed E-state index contributed by atoms with van der Waals surface area (Å²) >= 11 is 13.4. The van der Waals surface area contributed by atoms with Gasteiger partial charge in [-0.25, -0.2) is 4.98 Å². The average Bonchev–Trinajstić information content (AvgIpc) is 3.02. The summed E-state index contributed by atoms with van der Waals surface area (Å²) in [6.45, 7) is 11.1. The van der Waals surface area contributed by atoms with Crippen molar-refractivity contribution in [2.75, 3.05) is 65.4 Å². The van der Waals surface area contributed by atoms with Crippen molar-refractivity contribution in [1.29, 1.82) is 0 Å². The maximum Gasteiger partial charge on any atom is 0.260 e. The molecule has 0 unspecified atom stereocenters. The van der Waals surface area contributed by atoms with Crippen molar-refractivity contribution in [3.63, 3.8) is 0 Å². The number of carbonyl (C=O) groups excluding carboxylic acids is 1. The minimum absolute atomic E-state index is 0.124. The van der Waals surface area contributed by atoms with E-state index >= 15 is 0 Å². The number of ether oxygens (including phenoxy) is 3. The van der Waals surface area contributed by atoms with Gasteiger partial charge in [0.15, 0.2) is 0 Å². The van der Waals surface area contributed by atoms with Crippen molar-refractivity contribution in [2.45, 2.75) is 32.4 Å². The lowest BCUT2D eigenvalue weighted by Gasteiger charge is -2.38. The number of likely N-dealkylation sites (tertiary alicyclic amines) is 2. The Morgan fingerprint density at radius 1 is 1.14 bits per heavy atom. The highest BCUT2D eigenvalue weighted by atomic mass is 35.5. The molecule has 2 saturated heterocycles. The van der Waals surface area contributed by atoms with Crippen LogP contribution < -0.4 is 20.3 Å². The fraction of sp³-hybridized carbons (Fsp3) is 0.484. The Bertz CT molecular complexity index is 1560. The van der Waals surface area contributed by atoms with Crippen LogP contribution in [-0.2, 0) is 16.1 Å². The number of benzene rings is 1. The first-order valence-electron chi connectivity index (χ1n) is 14.8. The van der Waals surface area contributed by atoms with Gasteiger partial charge in [0.2, 0.25) is 11.9 Å². The normalized spacial score (nSPS) is 16.2. The van der Waals surface area contributed by atoms with Crippen LogP contribution in [0.1, 0.15) is 19.8 Å². The molecule has 2 fully saturated rings. The van der Waals surface area contributed by atoms with Crippen LogP contribution in [0.5, 0.6) is 11.5 Å². The number of pyridine rings is 1. The van der Waals surface area contributed by atoms with Gasteiger partial charge in [0.05, 0.1) is 49.1 Å². The molecule has 2 aromatic heterocycles. The molecule has 1 N–H and O–H groups in total. The van der Waals surface area contributed by atoms with E-state index < -0.39 is 0 Å². The molecule has 0 atom stereocenters. The molecular formula is C31H38Cl2N6O5. The first-order valence-corrected chi connectivity index (χ1v) is 15.5. The van der Waals surface area contributed by atoms with Crippen molar-refractivity contribution in [3.05, 3.63) is 51.4 Å². The number of hydrogen-bond donors (Lipinski definition) is 1. The van der Waals surface area contributed by atoms with E-state index in [-0.39, 0.29) is 46.3 Å². The monoisotopic (exact) mass is 644 g/mol. The zero-order valence-electron chi connectivity index (χ0n) is 25.3. The Morgan fingerprint density at radius 2 is 1.82 bits per heavy atom. The number of piperidine rings is 1. The topological polar surface area (TPSA) is 111 Å². The zero-order valence-corrected chi connectivity index (χ0v) is 26.8. The van der Waals surface area contributed by atoms with Gasteiger partial charge in [-0.1, -0.05) is 36.7 Å². The Balaban J connectivity index is 1.46. The molecule has 5 rings (SSSR count). The molecule has 0 radical (unpaired) electrons. The quantitative estimate of drug-likeness (QED) is 0.288. The first-order chi connectivity index (χ1) is 21.3. The maximum atomic E-state index is 14.2. The van der Waals surface area contributed by atoms with Gasteiger partial charge in [-0.05, 0) is 50.5 Å². The SMILES string of the molecule is C=CC(=O)N1CC(OCCn2c(=O)c(-c3c(Cl)c(OC)cc(OC)c3Cl)cc3cnc(NCC4CCN(CC)CC4)nc32)C1. The number of rotatable bonds is 12. The van der Waals surface area contributed by atoms with Crippen LogP contribution in [0.3, 0.4) is 0 Å². The van der Waals surface area contributed by atoms with Crippen LogP contribution in [-0.4, -0.2) is 96.4 Å². The van der Waals surface area contributed by atoms with Crippen molar-refractivity contribution >= 4 is 46.1 Å². The summed E-state index contributed by atoms with van der Waals surface area (Å²) < 4.78 is 18.4. The van der Waals surface area contributed by atoms with Crippen LogP contribution in [0.2, 0.25) is 10.0 Å². The fourth-order valence-electron chi connectivity index (χ4n) is 5.66. The number of hydrogen-bond acceptors (Lipinski definition) is 9. The van der Waals surface area contributed by atoms with E-state index in [2.05, 4.69) is 28.7 Å². The van der Waals surface area contributed by atoms with E-state index in [1.165, 1.54) is 20.3 Å². The number of anilines is 1. The lowest BCUT2D eigenvalue weighted by atomic mass is 9.97. The van der Waals surface area contributed by atoms with Crippen molar-refractivity contribution in [2.24, 2.45) is 5.92 Å². The molecule has 236 valence electrons. The minimum atomic E-state index is -0.353. The predicted octanol–water partition coefficient (Wildman–Crippen LogP) is 4.34. The number of nitrogens with one attached hydrogen (secondary N) is 1. The van der Waals surface area contributed by atoms with Gasteiger partial charge >= 0.3 is 0 Å². The Morgan fingerprint density at radius 3 is 2.43 bits per heavy atom. The van der Waals surface area contributed by atoms with E-state index in [0.717, 1.165) is 39.0 Å². The second-order valence-corrected chi connectivity index (χ2v) is 11.7. The molecule has 0 saturated carbocycles. The van der Waals surface area contributed by atoms with Gasteiger partial charge in [0.1, 0.15) is 17.1 Å². The predicted molar refractivity (Wildman–Crippen MR) is 172 cm³/mol. The molecule has 44 heavy (non-hydrogen) atoms. The summed E-state index contributed by atoms with van der Waals surface area (Å²) in [5.41, 5.74) is 0.654. The lowest BCUT2D eigenvalue weighted by molar-refractivity contribution is -0.139. The van der Waals surface area contributed by atoms with E-state index in [4.69, 9.17) is 42.4 Å². The van der Waals surface area contributed by atoms with Crippen molar-refractivity contribution in [1.82, 2.24) is 24.3 Å². The standard InChI is InChI=1S/C31H38Cl2N6O5/c1-5-25(40)38-17-21(18-38)44-12-11-39-29-20(16-35-31(36-29)34-15-19-7-9-37(6-2)10-8-19)13-22(30(39)41)26-27(32)23(42-3)14-24(43-4)28(26)33/h5,13-14,16,19,21H,1,6-12,15,17-18H2,2-4H3,(H,34,35,36). The number of fused-ring (bicyclic) bond motifs is 1. The molecule has 2 aliphatic rings. The molecular weight excluding hydrogens is 607 g/mol. The third kappa shape index (κ3) is 6.66. The van der Waals surface area contributed by atoms with Gasteiger partial charge < -0.3 is 29.3 Å². The molecule has 3 aromatic rings. The molecule has 2 aliphatic heterocycles. The highest BCUT2D eigenvalue weighted by Crippen LogP contribution is 2.45. The number of halogens is 2. The highest BCUT2D eigenvalue weighted by Gasteiger charge is 2.30. The summed E-state index contributed by atoms with van der Waals surface area (Å²) in [5, 5.41) is 4.39. The van der Waals surface area contributed by atoms with E-state index in [9.17, 15) is 9.59 Å². The lowest BCUT2D eigenvalue weighted by Crippen LogP contribution is -2.54. The average molecular weight is 646 g/mol. The van der Waals surface area contributed by atoms with Crippen molar-refractivity contribution < 1.29 is 19.0 Å². The van der Waals surface area contributed by atoms with Crippen LogP contribution in [0.15, 0.2) is 35.8 Å². The second-order valence-electron chi connectivity index (χ2n) is 11.0. The zero-order chi connectivity index (χ0) is 31.4. The van der Waals surface area contributed by atoms with Gasteiger partial charge in [0, 0.05) is 42.8 Å². The number of methoxy groups -OCH3 is 2. The van der Waals surface area contributed by atoms with Gasteiger partial charge in [0.25, 0.3) is 5.56 Å². The number of aromatic nitrogens is 3. The Kier molecular flexibility index (Phi) is 10.3. The summed E-state index contributed by atoms with van der Waals surface area (Å²) in [4.78, 5) is 39.4. The Hall–Kier alpha value is -3.38. The molecule has 13 heteroatoms. The van der Waals surface area contributed by atoms with E-state index in [1.807, 2.05) is 0 Å². The third-order valence-electron chi connectivity index (χ3n) is 8.38. The number of amides is 1. The largest absolute Gasteiger partial charge is 0.495 e. The van der Waals surface area contributed by atoms with Crippen LogP contribution in [0.4, 0.5) is 5.95 Å². The maximum absolute atomic E-state index is 14.2. The molecule has 0 spiro atoms. The van der Waals surface area contributed by atoms with Crippen LogP contribution in [0.25, 0.3) is 22.2 Å². The molecule has 0 bridgehead atoms. The molecule has 1 aromatic carbocycles. The van der Waals surface area contributed by atoms with Gasteiger partial charge in [-0.15, -0.1) is 0 Å². The minimum Gasteiger partial charge on any atom is -0.495 e. The van der Waals surface area contributed by atoms with E-state index in [1.54, 1.807) is 27.8 Å². The third-order valence-corrected chi connectivity index (χ3v) is 9.13. The highest BCUT2D eigenvalue weighted by molar-refractivity contribution is 6.41. The molecule has 4 heterocycles. The fourth-order valence-corrected chi connectivity index (χ4v) is 6.36. The summed E-state index contributed by atoms with van der Waals surface area (Å²) in [5.74, 6) is 1.49. The molecule has 11 nitrogen and oxygen atoms in total. The number of nitrogens with zero attached hydrogens (tertiary/aromatic N) is 5. The first kappa shape index (κ1) is 32.0. The van der Waals surface area contributed by atoms with E-state index in [0.29, 0.717) is 53.1 Å². The molecule has 1 amide bonds. The van der Waals surface area contributed by atoms with Crippen molar-refractivity contribution in [3.8, 4) is 22.6 Å².